The number of hydrogen-bond donors (Lipinski definition) is 2. The van der Waals surface area contributed by atoms with E-state index in [1.807, 2.05) is 34.6 Å². The fourth-order valence-electron chi connectivity index (χ4n) is 3.14. The van der Waals surface area contributed by atoms with Crippen LogP contribution in [0.2, 0.25) is 0 Å². The Labute approximate surface area is 145 Å². The van der Waals surface area contributed by atoms with Gasteiger partial charge in [0.1, 0.15) is 11.2 Å². The van der Waals surface area contributed by atoms with Gasteiger partial charge in [0.05, 0.1) is 0 Å². The van der Waals surface area contributed by atoms with E-state index in [1.54, 1.807) is 0 Å². The van der Waals surface area contributed by atoms with Crippen LogP contribution in [0.15, 0.2) is 0 Å². The van der Waals surface area contributed by atoms with Crippen LogP contribution in [0.5, 0.6) is 0 Å². The van der Waals surface area contributed by atoms with Crippen LogP contribution in [0, 0.1) is 11.8 Å². The molecule has 24 heavy (non-hydrogen) atoms. The Morgan fingerprint density at radius 1 is 1.00 bits per heavy atom. The average molecular weight is 342 g/mol. The molecule has 1 saturated carbocycles. The minimum Gasteiger partial charge on any atom is -0.444 e. The molecule has 140 valence electrons. The van der Waals surface area contributed by atoms with Crippen molar-refractivity contribution in [3.8, 4) is 0 Å². The van der Waals surface area contributed by atoms with E-state index in [0.29, 0.717) is 18.4 Å². The van der Waals surface area contributed by atoms with Crippen LogP contribution in [0.25, 0.3) is 0 Å². The molecule has 0 unspecified atom stereocenters. The zero-order valence-electron chi connectivity index (χ0n) is 15.8. The molecule has 0 aromatic heterocycles. The van der Waals surface area contributed by atoms with Crippen molar-refractivity contribution in [3.63, 3.8) is 0 Å². The summed E-state index contributed by atoms with van der Waals surface area (Å²) in [5.74, 6) is 1.17. The van der Waals surface area contributed by atoms with Gasteiger partial charge in [-0.05, 0) is 72.1 Å². The quantitative estimate of drug-likeness (QED) is 0.764. The van der Waals surface area contributed by atoms with Gasteiger partial charge in [0.15, 0.2) is 0 Å². The van der Waals surface area contributed by atoms with Gasteiger partial charge in [-0.2, -0.15) is 0 Å². The molecule has 0 aromatic rings. The van der Waals surface area contributed by atoms with Gasteiger partial charge in [-0.1, -0.05) is 12.8 Å². The number of hydrogen-bond acceptors (Lipinski definition) is 4. The van der Waals surface area contributed by atoms with Crippen LogP contribution in [-0.4, -0.2) is 29.9 Å². The molecule has 1 aliphatic carbocycles. The number of nitrogens with one attached hydrogen (secondary N) is 1. The molecule has 6 nitrogen and oxygen atoms in total. The molecule has 0 aliphatic heterocycles. The zero-order chi connectivity index (χ0) is 18.4. The highest BCUT2D eigenvalue weighted by atomic mass is 16.6. The van der Waals surface area contributed by atoms with Crippen molar-refractivity contribution in [2.45, 2.75) is 84.3 Å². The third-order valence-corrected chi connectivity index (χ3v) is 4.43. The Hall–Kier alpha value is -1.46. The molecule has 0 atom stereocenters. The molecule has 0 bridgehead atoms. The SMILES string of the molecule is CC(C)(C)OC(=O)NC[C@H]1CC[C@@H](CCC(C)(C)OC(N)=O)CC1. The van der Waals surface area contributed by atoms with Crippen LogP contribution in [0.3, 0.4) is 0 Å². The number of ether oxygens (including phenoxy) is 2. The van der Waals surface area contributed by atoms with Gasteiger partial charge in [-0.15, -0.1) is 0 Å². The van der Waals surface area contributed by atoms with E-state index in [2.05, 4.69) is 5.32 Å². The van der Waals surface area contributed by atoms with Gasteiger partial charge in [-0.3, -0.25) is 0 Å². The molecule has 0 saturated heterocycles. The third-order valence-electron chi connectivity index (χ3n) is 4.43. The van der Waals surface area contributed by atoms with E-state index in [0.717, 1.165) is 38.5 Å². The summed E-state index contributed by atoms with van der Waals surface area (Å²) >= 11 is 0. The smallest absolute Gasteiger partial charge is 0.407 e. The van der Waals surface area contributed by atoms with E-state index in [-0.39, 0.29) is 6.09 Å². The minimum absolute atomic E-state index is 0.338. The van der Waals surface area contributed by atoms with E-state index < -0.39 is 17.3 Å². The Morgan fingerprint density at radius 2 is 1.54 bits per heavy atom. The summed E-state index contributed by atoms with van der Waals surface area (Å²) in [6.45, 7) is 10.1. The van der Waals surface area contributed by atoms with Crippen LogP contribution < -0.4 is 11.1 Å². The van der Waals surface area contributed by atoms with Gasteiger partial charge in [0.2, 0.25) is 0 Å². The lowest BCUT2D eigenvalue weighted by Crippen LogP contribution is -2.36. The van der Waals surface area contributed by atoms with E-state index in [4.69, 9.17) is 15.2 Å². The third kappa shape index (κ3) is 8.99. The monoisotopic (exact) mass is 342 g/mol. The normalized spacial score (nSPS) is 21.9. The number of alkyl carbamates (subject to hydrolysis) is 1. The second kappa shape index (κ2) is 8.58. The molecule has 0 aromatic carbocycles. The van der Waals surface area contributed by atoms with Gasteiger partial charge in [-0.25, -0.2) is 9.59 Å². The van der Waals surface area contributed by atoms with Crippen LogP contribution in [0.4, 0.5) is 9.59 Å². The van der Waals surface area contributed by atoms with Crippen molar-refractivity contribution in [2.24, 2.45) is 17.6 Å². The topological polar surface area (TPSA) is 90.7 Å². The van der Waals surface area contributed by atoms with Gasteiger partial charge >= 0.3 is 12.2 Å². The fraction of sp³-hybridized carbons (Fsp3) is 0.889. The minimum atomic E-state index is -0.711. The lowest BCUT2D eigenvalue weighted by atomic mass is 9.79. The number of nitrogens with two attached hydrogens (primary N) is 1. The number of amides is 2. The fourth-order valence-corrected chi connectivity index (χ4v) is 3.14. The van der Waals surface area contributed by atoms with Crippen LogP contribution in [-0.2, 0) is 9.47 Å². The standard InChI is InChI=1S/C18H34N2O4/c1-17(2,3)24-16(22)20-12-14-8-6-13(7-9-14)10-11-18(4,5)23-15(19)21/h13-14H,6-12H2,1-5H3,(H2,19,21)(H,20,22)/t13-,14+. The summed E-state index contributed by atoms with van der Waals surface area (Å²) in [6, 6.07) is 0. The molecule has 0 radical (unpaired) electrons. The summed E-state index contributed by atoms with van der Waals surface area (Å²) in [6.07, 6.45) is 5.32. The highest BCUT2D eigenvalue weighted by Crippen LogP contribution is 2.33. The maximum Gasteiger partial charge on any atom is 0.407 e. The summed E-state index contributed by atoms with van der Waals surface area (Å²) in [5, 5.41) is 2.87. The van der Waals surface area contributed by atoms with E-state index >= 15 is 0 Å². The first-order valence-corrected chi connectivity index (χ1v) is 8.92. The Kier molecular flexibility index (Phi) is 7.36. The average Bonchev–Trinajstić information content (AvgIpc) is 2.41. The molecule has 1 aliphatic rings. The van der Waals surface area contributed by atoms with E-state index in [9.17, 15) is 9.59 Å². The summed E-state index contributed by atoms with van der Waals surface area (Å²) in [5.41, 5.74) is 4.14. The predicted molar refractivity (Wildman–Crippen MR) is 93.7 cm³/mol. The Bertz CT molecular complexity index is 421. The molecule has 0 spiro atoms. The van der Waals surface area contributed by atoms with Crippen LogP contribution in [0.1, 0.15) is 73.1 Å². The first-order valence-electron chi connectivity index (χ1n) is 8.92. The maximum absolute atomic E-state index is 11.7. The summed E-state index contributed by atoms with van der Waals surface area (Å²) in [7, 11) is 0. The Morgan fingerprint density at radius 3 is 2.04 bits per heavy atom. The van der Waals surface area contributed by atoms with Gasteiger partial charge in [0.25, 0.3) is 0 Å². The molecular formula is C18H34N2O4. The van der Waals surface area contributed by atoms with Crippen molar-refractivity contribution in [2.75, 3.05) is 6.54 Å². The second-order valence-electron chi connectivity index (χ2n) is 8.49. The highest BCUT2D eigenvalue weighted by Gasteiger charge is 2.27. The highest BCUT2D eigenvalue weighted by molar-refractivity contribution is 5.67. The summed E-state index contributed by atoms with van der Waals surface area (Å²) in [4.78, 5) is 22.6. The first kappa shape index (κ1) is 20.6. The molecule has 1 rings (SSSR count). The largest absolute Gasteiger partial charge is 0.444 e. The lowest BCUT2D eigenvalue weighted by molar-refractivity contribution is 0.0318. The molecule has 1 fully saturated rings. The maximum atomic E-state index is 11.7. The first-order chi connectivity index (χ1) is 11.0. The molecule has 6 heteroatoms. The van der Waals surface area contributed by atoms with Gasteiger partial charge < -0.3 is 20.5 Å². The van der Waals surface area contributed by atoms with Crippen molar-refractivity contribution in [1.29, 1.82) is 0 Å². The molecule has 2 amide bonds. The van der Waals surface area contributed by atoms with Crippen LogP contribution >= 0.6 is 0 Å². The molecule has 0 heterocycles. The van der Waals surface area contributed by atoms with Crippen molar-refractivity contribution >= 4 is 12.2 Å². The molecule has 3 N–H and O–H groups in total. The number of carbonyl (C=O) groups excluding carboxylic acids is 2. The Balaban J connectivity index is 2.22. The lowest BCUT2D eigenvalue weighted by Gasteiger charge is -2.31. The summed E-state index contributed by atoms with van der Waals surface area (Å²) < 4.78 is 10.4. The number of carbonyl (C=O) groups is 2. The van der Waals surface area contributed by atoms with E-state index in [1.165, 1.54) is 0 Å². The number of primary amides is 1. The van der Waals surface area contributed by atoms with Gasteiger partial charge in [0, 0.05) is 6.54 Å². The predicted octanol–water partition coefficient (Wildman–Crippen LogP) is 3.97. The second-order valence-corrected chi connectivity index (χ2v) is 8.49. The molecular weight excluding hydrogens is 308 g/mol. The van der Waals surface area contributed by atoms with Crippen molar-refractivity contribution in [1.82, 2.24) is 5.32 Å². The number of rotatable bonds is 6. The van der Waals surface area contributed by atoms with Crippen molar-refractivity contribution in [3.05, 3.63) is 0 Å². The van der Waals surface area contributed by atoms with Crippen molar-refractivity contribution < 1.29 is 19.1 Å². The zero-order valence-corrected chi connectivity index (χ0v) is 15.8.